The molecule has 1 aromatic rings. The van der Waals surface area contributed by atoms with Crippen LogP contribution in [0.2, 0.25) is 0 Å². The van der Waals surface area contributed by atoms with Crippen LogP contribution < -0.4 is 5.73 Å². The summed E-state index contributed by atoms with van der Waals surface area (Å²) in [6, 6.07) is 0. The van der Waals surface area contributed by atoms with Crippen LogP contribution in [0.4, 0.5) is 5.82 Å². The van der Waals surface area contributed by atoms with Crippen molar-refractivity contribution in [3.8, 4) is 0 Å². The van der Waals surface area contributed by atoms with Gasteiger partial charge >= 0.3 is 5.97 Å². The van der Waals surface area contributed by atoms with Crippen LogP contribution in [-0.4, -0.2) is 42.5 Å². The predicted molar refractivity (Wildman–Crippen MR) is 68.4 cm³/mol. The Morgan fingerprint density at radius 3 is 2.84 bits per heavy atom. The molecule has 1 aliphatic rings. The van der Waals surface area contributed by atoms with Gasteiger partial charge in [0.25, 0.3) is 0 Å². The molecule has 0 saturated carbocycles. The van der Waals surface area contributed by atoms with Gasteiger partial charge in [0.1, 0.15) is 17.2 Å². The van der Waals surface area contributed by atoms with Crippen molar-refractivity contribution in [2.75, 3.05) is 23.8 Å². The number of carbonyl (C=O) groups excluding carboxylic acids is 1. The number of nitrogens with two attached hydrogens (primary N) is 1. The van der Waals surface area contributed by atoms with Gasteiger partial charge in [-0.1, -0.05) is 0 Å². The predicted octanol–water partition coefficient (Wildman–Crippen LogP) is 0.138. The zero-order valence-corrected chi connectivity index (χ0v) is 11.3. The maximum atomic E-state index is 11.5. The minimum Gasteiger partial charge on any atom is -0.462 e. The highest BCUT2D eigenvalue weighted by Gasteiger charge is 2.31. The van der Waals surface area contributed by atoms with Crippen molar-refractivity contribution >= 4 is 21.6 Å². The van der Waals surface area contributed by atoms with E-state index >= 15 is 0 Å². The standard InChI is InChI=1S/C11H15N3O4S/c1-2-18-11(15)8-5-13-10(14-9(8)12)7-3-4-19(16,17)6-7/h5,7H,2-4,6H2,1H3,(H2,12,13,14). The van der Waals surface area contributed by atoms with Crippen molar-refractivity contribution < 1.29 is 17.9 Å². The van der Waals surface area contributed by atoms with Crippen LogP contribution in [0.15, 0.2) is 6.20 Å². The number of nitrogen functional groups attached to an aromatic ring is 1. The third-order valence-electron chi connectivity index (χ3n) is 2.93. The van der Waals surface area contributed by atoms with Crippen LogP contribution in [0.25, 0.3) is 0 Å². The van der Waals surface area contributed by atoms with Crippen molar-refractivity contribution in [1.82, 2.24) is 9.97 Å². The van der Waals surface area contributed by atoms with Gasteiger partial charge in [0.2, 0.25) is 0 Å². The second kappa shape index (κ2) is 5.12. The number of hydrogen-bond acceptors (Lipinski definition) is 7. The number of aromatic nitrogens is 2. The largest absolute Gasteiger partial charge is 0.462 e. The van der Waals surface area contributed by atoms with Gasteiger partial charge in [0.15, 0.2) is 9.84 Å². The van der Waals surface area contributed by atoms with Gasteiger partial charge in [-0.05, 0) is 13.3 Å². The molecule has 8 heteroatoms. The van der Waals surface area contributed by atoms with E-state index in [-0.39, 0.29) is 35.4 Å². The topological polar surface area (TPSA) is 112 Å². The molecular formula is C11H15N3O4S. The van der Waals surface area contributed by atoms with Crippen LogP contribution in [0, 0.1) is 0 Å². The average molecular weight is 285 g/mol. The third kappa shape index (κ3) is 3.01. The Kier molecular flexibility index (Phi) is 3.70. The summed E-state index contributed by atoms with van der Waals surface area (Å²) < 4.78 is 27.6. The van der Waals surface area contributed by atoms with E-state index in [0.717, 1.165) is 0 Å². The molecule has 1 aliphatic heterocycles. The molecule has 0 bridgehead atoms. The molecule has 2 N–H and O–H groups in total. The van der Waals surface area contributed by atoms with Crippen LogP contribution in [0.5, 0.6) is 0 Å². The Bertz CT molecular complexity index is 600. The molecule has 1 saturated heterocycles. The number of rotatable bonds is 3. The second-order valence-corrected chi connectivity index (χ2v) is 6.58. The lowest BCUT2D eigenvalue weighted by Crippen LogP contribution is -2.14. The highest BCUT2D eigenvalue weighted by Crippen LogP contribution is 2.27. The SMILES string of the molecule is CCOC(=O)c1cnc(C2CCS(=O)(=O)C2)nc1N. The van der Waals surface area contributed by atoms with Gasteiger partial charge in [-0.2, -0.15) is 0 Å². The lowest BCUT2D eigenvalue weighted by molar-refractivity contribution is 0.0526. The molecular weight excluding hydrogens is 270 g/mol. The number of ether oxygens (including phenoxy) is 1. The summed E-state index contributed by atoms with van der Waals surface area (Å²) in [6.07, 6.45) is 1.78. The maximum Gasteiger partial charge on any atom is 0.343 e. The first kappa shape index (κ1) is 13.7. The zero-order valence-electron chi connectivity index (χ0n) is 10.5. The third-order valence-corrected chi connectivity index (χ3v) is 4.70. The Labute approximate surface area is 111 Å². The molecule has 104 valence electrons. The number of carbonyl (C=O) groups is 1. The molecule has 1 fully saturated rings. The Morgan fingerprint density at radius 2 is 2.32 bits per heavy atom. The lowest BCUT2D eigenvalue weighted by Gasteiger charge is -2.09. The van der Waals surface area contributed by atoms with Gasteiger partial charge < -0.3 is 10.5 Å². The van der Waals surface area contributed by atoms with Crippen molar-refractivity contribution in [3.05, 3.63) is 17.6 Å². The fraction of sp³-hybridized carbons (Fsp3) is 0.545. The summed E-state index contributed by atoms with van der Waals surface area (Å²) in [7, 11) is -3.00. The average Bonchev–Trinajstić information content (AvgIpc) is 2.70. The van der Waals surface area contributed by atoms with Crippen molar-refractivity contribution in [2.45, 2.75) is 19.3 Å². The maximum absolute atomic E-state index is 11.5. The smallest absolute Gasteiger partial charge is 0.343 e. The molecule has 1 atom stereocenters. The summed E-state index contributed by atoms with van der Waals surface area (Å²) in [4.78, 5) is 19.6. The molecule has 0 spiro atoms. The molecule has 1 unspecified atom stereocenters. The summed E-state index contributed by atoms with van der Waals surface area (Å²) in [5.41, 5.74) is 5.79. The van der Waals surface area contributed by atoms with Gasteiger partial charge in [-0.15, -0.1) is 0 Å². The highest BCUT2D eigenvalue weighted by atomic mass is 32.2. The second-order valence-electron chi connectivity index (χ2n) is 4.35. The van der Waals surface area contributed by atoms with Gasteiger partial charge in [-0.25, -0.2) is 23.2 Å². The van der Waals surface area contributed by atoms with E-state index in [2.05, 4.69) is 9.97 Å². The van der Waals surface area contributed by atoms with Gasteiger partial charge in [0, 0.05) is 12.1 Å². The van der Waals surface area contributed by atoms with E-state index in [0.29, 0.717) is 12.2 Å². The number of anilines is 1. The van der Waals surface area contributed by atoms with Crippen molar-refractivity contribution in [1.29, 1.82) is 0 Å². The molecule has 7 nitrogen and oxygen atoms in total. The van der Waals surface area contributed by atoms with Crippen molar-refractivity contribution in [2.24, 2.45) is 0 Å². The quantitative estimate of drug-likeness (QED) is 0.786. The molecule has 0 aliphatic carbocycles. The summed E-state index contributed by atoms with van der Waals surface area (Å²) in [6.45, 7) is 1.92. The Hall–Kier alpha value is -1.70. The van der Waals surface area contributed by atoms with Crippen LogP contribution in [0.3, 0.4) is 0 Å². The van der Waals surface area contributed by atoms with Gasteiger partial charge in [-0.3, -0.25) is 0 Å². The van der Waals surface area contributed by atoms with E-state index < -0.39 is 15.8 Å². The first-order valence-electron chi connectivity index (χ1n) is 5.93. The fourth-order valence-electron chi connectivity index (χ4n) is 1.97. The van der Waals surface area contributed by atoms with Crippen LogP contribution in [-0.2, 0) is 14.6 Å². The number of esters is 1. The summed E-state index contributed by atoms with van der Waals surface area (Å²) in [5, 5.41) is 0. The number of nitrogens with zero attached hydrogens (tertiary/aromatic N) is 2. The molecule has 0 aromatic carbocycles. The first-order valence-corrected chi connectivity index (χ1v) is 7.75. The van der Waals surface area contributed by atoms with E-state index in [4.69, 9.17) is 10.5 Å². The molecule has 2 rings (SSSR count). The van der Waals surface area contributed by atoms with Crippen molar-refractivity contribution in [3.63, 3.8) is 0 Å². The number of hydrogen-bond donors (Lipinski definition) is 1. The molecule has 19 heavy (non-hydrogen) atoms. The van der Waals surface area contributed by atoms with E-state index in [9.17, 15) is 13.2 Å². The number of sulfone groups is 1. The Balaban J connectivity index is 2.22. The van der Waals surface area contributed by atoms with Crippen LogP contribution in [0.1, 0.15) is 35.4 Å². The highest BCUT2D eigenvalue weighted by molar-refractivity contribution is 7.91. The molecule has 2 heterocycles. The normalized spacial score (nSPS) is 21.2. The summed E-state index contributed by atoms with van der Waals surface area (Å²) in [5.74, 6) is -0.264. The Morgan fingerprint density at radius 1 is 1.58 bits per heavy atom. The zero-order chi connectivity index (χ0) is 14.0. The molecule has 1 aromatic heterocycles. The summed E-state index contributed by atoms with van der Waals surface area (Å²) >= 11 is 0. The lowest BCUT2D eigenvalue weighted by atomic mass is 10.1. The molecule has 0 amide bonds. The van der Waals surface area contributed by atoms with E-state index in [1.165, 1.54) is 6.20 Å². The molecule has 0 radical (unpaired) electrons. The van der Waals surface area contributed by atoms with Gasteiger partial charge in [0.05, 0.1) is 18.1 Å². The van der Waals surface area contributed by atoms with E-state index in [1.807, 2.05) is 0 Å². The van der Waals surface area contributed by atoms with Crippen LogP contribution >= 0.6 is 0 Å². The minimum absolute atomic E-state index is 0.0211. The monoisotopic (exact) mass is 285 g/mol. The first-order chi connectivity index (χ1) is 8.93. The minimum atomic E-state index is -3.00. The fourth-order valence-corrected chi connectivity index (χ4v) is 3.71. The van der Waals surface area contributed by atoms with E-state index in [1.54, 1.807) is 6.92 Å².